The molecular weight excluding hydrogens is 272 g/mol. The SMILES string of the molecule is C=C(CC[C@H]1C(=C)CC[C@H]2C(C)(C)CCC[C@]12C)[C@@H](O)CO. The van der Waals surface area contributed by atoms with Gasteiger partial charge in [-0.05, 0) is 66.8 Å². The van der Waals surface area contributed by atoms with E-state index in [4.69, 9.17) is 5.11 Å². The molecule has 0 aliphatic heterocycles. The smallest absolute Gasteiger partial charge is 0.0978 e. The van der Waals surface area contributed by atoms with Gasteiger partial charge in [0.15, 0.2) is 0 Å². The standard InChI is InChI=1S/C20H34O2/c1-14-8-10-18-19(3,4)11-6-12-20(18,5)16(14)9-7-15(2)17(22)13-21/h16-18,21-22H,1-2,6-13H2,3-5H3/t16-,17-,18-,20+/m0/s1. The Labute approximate surface area is 136 Å². The van der Waals surface area contributed by atoms with E-state index in [0.29, 0.717) is 16.7 Å². The fraction of sp³-hybridized carbons (Fsp3) is 0.800. The van der Waals surface area contributed by atoms with Crippen LogP contribution in [0.4, 0.5) is 0 Å². The molecule has 0 aromatic carbocycles. The highest BCUT2D eigenvalue weighted by Crippen LogP contribution is 2.61. The molecule has 0 spiro atoms. The minimum Gasteiger partial charge on any atom is -0.393 e. The second-order valence-corrected chi connectivity index (χ2v) is 8.55. The topological polar surface area (TPSA) is 40.5 Å². The van der Waals surface area contributed by atoms with E-state index < -0.39 is 6.10 Å². The zero-order valence-electron chi connectivity index (χ0n) is 14.7. The minimum absolute atomic E-state index is 0.225. The molecule has 0 bridgehead atoms. The van der Waals surface area contributed by atoms with Crippen molar-refractivity contribution >= 4 is 0 Å². The highest BCUT2D eigenvalue weighted by atomic mass is 16.3. The molecule has 0 aromatic rings. The third kappa shape index (κ3) is 3.19. The fourth-order valence-electron chi connectivity index (χ4n) is 5.43. The molecule has 0 aromatic heterocycles. The summed E-state index contributed by atoms with van der Waals surface area (Å²) in [6.07, 6.45) is 7.38. The molecule has 2 aliphatic carbocycles. The summed E-state index contributed by atoms with van der Waals surface area (Å²) >= 11 is 0. The summed E-state index contributed by atoms with van der Waals surface area (Å²) < 4.78 is 0. The fourth-order valence-corrected chi connectivity index (χ4v) is 5.43. The molecule has 0 radical (unpaired) electrons. The Balaban J connectivity index is 2.14. The predicted octanol–water partition coefficient (Wildman–Crippen LogP) is 4.47. The Morgan fingerprint density at radius 1 is 1.32 bits per heavy atom. The highest BCUT2D eigenvalue weighted by molar-refractivity contribution is 5.17. The van der Waals surface area contributed by atoms with Gasteiger partial charge in [-0.15, -0.1) is 0 Å². The first kappa shape index (κ1) is 17.7. The normalized spacial score (nSPS) is 35.8. The Morgan fingerprint density at radius 3 is 2.64 bits per heavy atom. The van der Waals surface area contributed by atoms with Crippen molar-refractivity contribution in [3.63, 3.8) is 0 Å². The molecule has 0 unspecified atom stereocenters. The lowest BCUT2D eigenvalue weighted by molar-refractivity contribution is -0.0542. The van der Waals surface area contributed by atoms with E-state index in [-0.39, 0.29) is 6.61 Å². The summed E-state index contributed by atoms with van der Waals surface area (Å²) in [6, 6.07) is 0. The first-order valence-electron chi connectivity index (χ1n) is 8.86. The van der Waals surface area contributed by atoms with Crippen molar-refractivity contribution < 1.29 is 10.2 Å². The van der Waals surface area contributed by atoms with Crippen LogP contribution in [0.3, 0.4) is 0 Å². The van der Waals surface area contributed by atoms with Crippen LogP contribution in [0.5, 0.6) is 0 Å². The van der Waals surface area contributed by atoms with Gasteiger partial charge in [0, 0.05) is 0 Å². The van der Waals surface area contributed by atoms with Crippen LogP contribution in [-0.2, 0) is 0 Å². The zero-order chi connectivity index (χ0) is 16.5. The van der Waals surface area contributed by atoms with Gasteiger partial charge in [0.1, 0.15) is 0 Å². The summed E-state index contributed by atoms with van der Waals surface area (Å²) in [5.74, 6) is 1.29. The molecule has 0 saturated heterocycles. The summed E-state index contributed by atoms with van der Waals surface area (Å²) in [7, 11) is 0. The second kappa shape index (κ2) is 6.49. The van der Waals surface area contributed by atoms with E-state index in [0.717, 1.165) is 30.8 Å². The first-order valence-corrected chi connectivity index (χ1v) is 8.86. The maximum Gasteiger partial charge on any atom is 0.0978 e. The first-order chi connectivity index (χ1) is 10.2. The number of allylic oxidation sites excluding steroid dienone is 1. The van der Waals surface area contributed by atoms with Gasteiger partial charge in [-0.1, -0.05) is 45.9 Å². The van der Waals surface area contributed by atoms with E-state index in [2.05, 4.69) is 33.9 Å². The van der Waals surface area contributed by atoms with Gasteiger partial charge < -0.3 is 10.2 Å². The zero-order valence-corrected chi connectivity index (χ0v) is 14.7. The third-order valence-electron chi connectivity index (χ3n) is 6.72. The van der Waals surface area contributed by atoms with Gasteiger partial charge in [0.2, 0.25) is 0 Å². The molecule has 2 heteroatoms. The molecule has 2 N–H and O–H groups in total. The van der Waals surface area contributed by atoms with E-state index in [9.17, 15) is 5.11 Å². The monoisotopic (exact) mass is 306 g/mol. The Morgan fingerprint density at radius 2 is 2.00 bits per heavy atom. The van der Waals surface area contributed by atoms with Crippen LogP contribution in [0.15, 0.2) is 24.3 Å². The van der Waals surface area contributed by atoms with E-state index in [1.54, 1.807) is 0 Å². The summed E-state index contributed by atoms with van der Waals surface area (Å²) in [4.78, 5) is 0. The largest absolute Gasteiger partial charge is 0.393 e. The average Bonchev–Trinajstić information content (AvgIpc) is 2.44. The van der Waals surface area contributed by atoms with Crippen molar-refractivity contribution in [1.29, 1.82) is 0 Å². The summed E-state index contributed by atoms with van der Waals surface area (Å²) in [6.45, 7) is 15.5. The van der Waals surface area contributed by atoms with Gasteiger partial charge in [0.05, 0.1) is 12.7 Å². The van der Waals surface area contributed by atoms with Gasteiger partial charge in [-0.3, -0.25) is 0 Å². The van der Waals surface area contributed by atoms with Crippen molar-refractivity contribution in [1.82, 2.24) is 0 Å². The predicted molar refractivity (Wildman–Crippen MR) is 92.6 cm³/mol. The van der Waals surface area contributed by atoms with Gasteiger partial charge in [-0.25, -0.2) is 0 Å². The molecular formula is C20H34O2. The van der Waals surface area contributed by atoms with Crippen LogP contribution >= 0.6 is 0 Å². The Hall–Kier alpha value is -0.600. The van der Waals surface area contributed by atoms with Crippen molar-refractivity contribution in [3.8, 4) is 0 Å². The quantitative estimate of drug-likeness (QED) is 0.735. The van der Waals surface area contributed by atoms with Gasteiger partial charge in [-0.2, -0.15) is 0 Å². The molecule has 2 saturated carbocycles. The number of aliphatic hydroxyl groups excluding tert-OH is 2. The lowest BCUT2D eigenvalue weighted by Crippen LogP contribution is -2.49. The number of hydrogen-bond acceptors (Lipinski definition) is 2. The molecule has 2 aliphatic rings. The Kier molecular flexibility index (Phi) is 5.23. The highest BCUT2D eigenvalue weighted by Gasteiger charge is 2.52. The van der Waals surface area contributed by atoms with Crippen LogP contribution in [-0.4, -0.2) is 22.9 Å². The molecule has 2 nitrogen and oxygen atoms in total. The van der Waals surface area contributed by atoms with Crippen molar-refractivity contribution in [2.45, 2.75) is 71.8 Å². The average molecular weight is 306 g/mol. The van der Waals surface area contributed by atoms with Gasteiger partial charge >= 0.3 is 0 Å². The van der Waals surface area contributed by atoms with E-state index in [1.807, 2.05) is 0 Å². The maximum atomic E-state index is 9.73. The molecule has 2 rings (SSSR count). The summed E-state index contributed by atoms with van der Waals surface area (Å²) in [5.41, 5.74) is 2.91. The van der Waals surface area contributed by atoms with E-state index in [1.165, 1.54) is 31.3 Å². The van der Waals surface area contributed by atoms with Crippen LogP contribution in [0.1, 0.15) is 65.7 Å². The maximum absolute atomic E-state index is 9.73. The number of hydrogen-bond donors (Lipinski definition) is 2. The van der Waals surface area contributed by atoms with E-state index >= 15 is 0 Å². The Bertz CT molecular complexity index is 437. The van der Waals surface area contributed by atoms with Gasteiger partial charge in [0.25, 0.3) is 0 Å². The number of aliphatic hydroxyl groups is 2. The number of fused-ring (bicyclic) bond motifs is 1. The van der Waals surface area contributed by atoms with Crippen LogP contribution in [0, 0.1) is 22.7 Å². The molecule has 4 atom stereocenters. The summed E-state index contributed by atoms with van der Waals surface area (Å²) in [5, 5.41) is 18.8. The lowest BCUT2D eigenvalue weighted by Gasteiger charge is -2.58. The van der Waals surface area contributed by atoms with Crippen molar-refractivity contribution in [2.24, 2.45) is 22.7 Å². The number of rotatable bonds is 5. The van der Waals surface area contributed by atoms with Crippen molar-refractivity contribution in [3.05, 3.63) is 24.3 Å². The molecule has 2 fully saturated rings. The molecule has 22 heavy (non-hydrogen) atoms. The second-order valence-electron chi connectivity index (χ2n) is 8.55. The minimum atomic E-state index is -0.775. The molecule has 0 amide bonds. The molecule has 0 heterocycles. The van der Waals surface area contributed by atoms with Crippen LogP contribution in [0.2, 0.25) is 0 Å². The van der Waals surface area contributed by atoms with Crippen LogP contribution in [0.25, 0.3) is 0 Å². The third-order valence-corrected chi connectivity index (χ3v) is 6.72. The van der Waals surface area contributed by atoms with Crippen LogP contribution < -0.4 is 0 Å². The lowest BCUT2D eigenvalue weighted by atomic mass is 9.47. The molecule has 126 valence electrons. The van der Waals surface area contributed by atoms with Crippen molar-refractivity contribution in [2.75, 3.05) is 6.61 Å².